The number of hydrogen-bond acceptors (Lipinski definition) is 3. The van der Waals surface area contributed by atoms with Gasteiger partial charge in [-0.25, -0.2) is 18.2 Å². The highest BCUT2D eigenvalue weighted by Gasteiger charge is 2.20. The van der Waals surface area contributed by atoms with Crippen molar-refractivity contribution in [3.63, 3.8) is 0 Å². The molecule has 0 atom stereocenters. The highest BCUT2D eigenvalue weighted by molar-refractivity contribution is 6.28. The zero-order valence-electron chi connectivity index (χ0n) is 14.9. The number of benzene rings is 2. The molecule has 3 nitrogen and oxygen atoms in total. The number of anilines is 2. The first-order chi connectivity index (χ1) is 12.4. The number of nitrogens with zero attached hydrogens (tertiary/aromatic N) is 3. The first-order valence-corrected chi connectivity index (χ1v) is 8.64. The molecule has 0 saturated heterocycles. The highest BCUT2D eigenvalue weighted by atomic mass is 35.5. The van der Waals surface area contributed by atoms with Gasteiger partial charge in [-0.2, -0.15) is 4.98 Å². The van der Waals surface area contributed by atoms with E-state index in [1.807, 2.05) is 13.8 Å². The summed E-state index contributed by atoms with van der Waals surface area (Å²) in [6, 6.07) is 6.71. The van der Waals surface area contributed by atoms with E-state index in [4.69, 9.17) is 11.6 Å². The van der Waals surface area contributed by atoms with E-state index in [0.717, 1.165) is 6.07 Å². The minimum atomic E-state index is -1.06. The summed E-state index contributed by atoms with van der Waals surface area (Å²) >= 11 is 5.93. The molecule has 0 aliphatic rings. The molecule has 0 unspecified atom stereocenters. The quantitative estimate of drug-likeness (QED) is 0.506. The van der Waals surface area contributed by atoms with Gasteiger partial charge in [0.25, 0.3) is 0 Å². The molecule has 0 bridgehead atoms. The standard InChI is InChI=1S/C17H13ClF3N3.C2H6/c1-3-24(11-7-9(2)6-10(19)8-11)16-14-13(22-17(18)23-16)5-4-12(20)15(14)21;1-2/h4-8H,3H2,1-2H3;1-2H3. The zero-order chi connectivity index (χ0) is 19.4. The minimum Gasteiger partial charge on any atom is -0.326 e. The van der Waals surface area contributed by atoms with Crippen LogP contribution in [0.4, 0.5) is 24.7 Å². The third-order valence-electron chi connectivity index (χ3n) is 3.62. The van der Waals surface area contributed by atoms with Crippen LogP contribution < -0.4 is 4.90 Å². The average Bonchev–Trinajstić information content (AvgIpc) is 2.59. The van der Waals surface area contributed by atoms with Crippen molar-refractivity contribution in [2.45, 2.75) is 27.7 Å². The predicted molar refractivity (Wildman–Crippen MR) is 99.6 cm³/mol. The molecule has 138 valence electrons. The molecule has 0 N–H and O–H groups in total. The third-order valence-corrected chi connectivity index (χ3v) is 3.79. The summed E-state index contributed by atoms with van der Waals surface area (Å²) in [5.74, 6) is -2.42. The van der Waals surface area contributed by atoms with E-state index in [2.05, 4.69) is 9.97 Å². The van der Waals surface area contributed by atoms with Crippen molar-refractivity contribution in [1.82, 2.24) is 9.97 Å². The highest BCUT2D eigenvalue weighted by Crippen LogP contribution is 2.34. The number of fused-ring (bicyclic) bond motifs is 1. The topological polar surface area (TPSA) is 29.0 Å². The normalized spacial score (nSPS) is 10.5. The Hall–Kier alpha value is -2.34. The van der Waals surface area contributed by atoms with Crippen molar-refractivity contribution >= 4 is 34.0 Å². The lowest BCUT2D eigenvalue weighted by molar-refractivity contribution is 0.516. The van der Waals surface area contributed by atoms with E-state index in [9.17, 15) is 13.2 Å². The summed E-state index contributed by atoms with van der Waals surface area (Å²) in [5.41, 5.74) is 1.34. The van der Waals surface area contributed by atoms with Gasteiger partial charge in [-0.1, -0.05) is 13.8 Å². The van der Waals surface area contributed by atoms with Crippen molar-refractivity contribution in [3.05, 3.63) is 58.6 Å². The van der Waals surface area contributed by atoms with Crippen molar-refractivity contribution in [1.29, 1.82) is 0 Å². The van der Waals surface area contributed by atoms with Gasteiger partial charge in [-0.15, -0.1) is 0 Å². The number of halogens is 4. The lowest BCUT2D eigenvalue weighted by Gasteiger charge is -2.24. The number of aryl methyl sites for hydroxylation is 1. The van der Waals surface area contributed by atoms with Gasteiger partial charge in [0.05, 0.1) is 10.9 Å². The fourth-order valence-corrected chi connectivity index (χ4v) is 2.81. The second-order valence-electron chi connectivity index (χ2n) is 5.30. The van der Waals surface area contributed by atoms with Crippen LogP contribution in [0.3, 0.4) is 0 Å². The number of hydrogen-bond donors (Lipinski definition) is 0. The van der Waals surface area contributed by atoms with Crippen LogP contribution in [0.25, 0.3) is 10.9 Å². The molecule has 0 radical (unpaired) electrons. The van der Waals surface area contributed by atoms with Crippen LogP contribution >= 0.6 is 11.6 Å². The van der Waals surface area contributed by atoms with Gasteiger partial charge in [0.1, 0.15) is 11.6 Å². The lowest BCUT2D eigenvalue weighted by Crippen LogP contribution is -2.19. The van der Waals surface area contributed by atoms with Gasteiger partial charge in [-0.05, 0) is 61.3 Å². The van der Waals surface area contributed by atoms with Crippen LogP contribution in [0.2, 0.25) is 5.28 Å². The number of rotatable bonds is 3. The van der Waals surface area contributed by atoms with E-state index >= 15 is 0 Å². The molecule has 1 heterocycles. The maximum Gasteiger partial charge on any atom is 0.224 e. The molecule has 2 aromatic carbocycles. The predicted octanol–water partition coefficient (Wildman–Crippen LogP) is 6.19. The molecule has 0 aliphatic carbocycles. The SMILES string of the molecule is CC.CCN(c1cc(C)cc(F)c1)c1nc(Cl)nc2ccc(F)c(F)c12. The van der Waals surface area contributed by atoms with Gasteiger partial charge in [-0.3, -0.25) is 0 Å². The Morgan fingerprint density at radius 2 is 1.73 bits per heavy atom. The van der Waals surface area contributed by atoms with Crippen LogP contribution in [0.15, 0.2) is 30.3 Å². The molecular formula is C19H19ClF3N3. The second-order valence-corrected chi connectivity index (χ2v) is 5.64. The maximum absolute atomic E-state index is 14.4. The zero-order valence-corrected chi connectivity index (χ0v) is 15.7. The molecule has 3 aromatic rings. The Balaban J connectivity index is 0.00000117. The van der Waals surface area contributed by atoms with Crippen molar-refractivity contribution < 1.29 is 13.2 Å². The van der Waals surface area contributed by atoms with E-state index in [0.29, 0.717) is 17.8 Å². The summed E-state index contributed by atoms with van der Waals surface area (Å²) in [5, 5.41) is -0.196. The van der Waals surface area contributed by atoms with Crippen LogP contribution in [-0.2, 0) is 0 Å². The Labute approximate surface area is 155 Å². The van der Waals surface area contributed by atoms with E-state index in [1.165, 1.54) is 18.2 Å². The molecular weight excluding hydrogens is 363 g/mol. The summed E-state index contributed by atoms with van der Waals surface area (Å²) < 4.78 is 41.8. The van der Waals surface area contributed by atoms with Crippen LogP contribution in [0.5, 0.6) is 0 Å². The van der Waals surface area contributed by atoms with E-state index in [-0.39, 0.29) is 22.0 Å². The summed E-state index contributed by atoms with van der Waals surface area (Å²) in [6.07, 6.45) is 0. The first kappa shape index (κ1) is 20.0. The lowest BCUT2D eigenvalue weighted by atomic mass is 10.1. The van der Waals surface area contributed by atoms with E-state index in [1.54, 1.807) is 24.8 Å². The van der Waals surface area contributed by atoms with E-state index < -0.39 is 17.5 Å². The van der Waals surface area contributed by atoms with Gasteiger partial charge in [0, 0.05) is 12.2 Å². The fourth-order valence-electron chi connectivity index (χ4n) is 2.64. The van der Waals surface area contributed by atoms with Gasteiger partial charge in [0.2, 0.25) is 5.28 Å². The van der Waals surface area contributed by atoms with Crippen molar-refractivity contribution in [2.75, 3.05) is 11.4 Å². The van der Waals surface area contributed by atoms with Crippen molar-refractivity contribution in [3.8, 4) is 0 Å². The molecule has 26 heavy (non-hydrogen) atoms. The average molecular weight is 382 g/mol. The Kier molecular flexibility index (Phi) is 6.42. The maximum atomic E-state index is 14.4. The van der Waals surface area contributed by atoms with Crippen molar-refractivity contribution in [2.24, 2.45) is 0 Å². The summed E-state index contributed by atoms with van der Waals surface area (Å²) in [7, 11) is 0. The molecule has 0 aliphatic heterocycles. The molecule has 1 aromatic heterocycles. The smallest absolute Gasteiger partial charge is 0.224 e. The number of aromatic nitrogens is 2. The van der Waals surface area contributed by atoms with Crippen LogP contribution in [0, 0.1) is 24.4 Å². The third kappa shape index (κ3) is 3.90. The molecule has 0 amide bonds. The Bertz CT molecular complexity index is 911. The molecule has 0 saturated carbocycles. The van der Waals surface area contributed by atoms with Gasteiger partial charge >= 0.3 is 0 Å². The molecule has 0 spiro atoms. The molecule has 7 heteroatoms. The van der Waals surface area contributed by atoms with Crippen LogP contribution in [-0.4, -0.2) is 16.5 Å². The summed E-state index contributed by atoms with van der Waals surface area (Å²) in [6.45, 7) is 7.88. The summed E-state index contributed by atoms with van der Waals surface area (Å²) in [4.78, 5) is 9.56. The second kappa shape index (κ2) is 8.36. The monoisotopic (exact) mass is 381 g/mol. The van der Waals surface area contributed by atoms with Gasteiger partial charge in [0.15, 0.2) is 11.6 Å². The largest absolute Gasteiger partial charge is 0.326 e. The Morgan fingerprint density at radius 1 is 1.04 bits per heavy atom. The minimum absolute atomic E-state index is 0.0921. The molecule has 3 rings (SSSR count). The molecule has 0 fully saturated rings. The van der Waals surface area contributed by atoms with Gasteiger partial charge < -0.3 is 4.90 Å². The fraction of sp³-hybridized carbons (Fsp3) is 0.263. The first-order valence-electron chi connectivity index (χ1n) is 8.26. The Morgan fingerprint density at radius 3 is 2.35 bits per heavy atom. The van der Waals surface area contributed by atoms with Crippen LogP contribution in [0.1, 0.15) is 26.3 Å².